The second-order valence-corrected chi connectivity index (χ2v) is 8.25. The van der Waals surface area contributed by atoms with Crippen LogP contribution in [0.3, 0.4) is 0 Å². The molecule has 9 nitrogen and oxygen atoms in total. The molecule has 0 spiro atoms. The molecule has 3 aromatic rings. The fourth-order valence-corrected chi connectivity index (χ4v) is 3.39. The third-order valence-electron chi connectivity index (χ3n) is 4.07. The first-order valence-corrected chi connectivity index (χ1v) is 9.69. The fourth-order valence-electron chi connectivity index (χ4n) is 2.63. The lowest BCUT2D eigenvalue weighted by molar-refractivity contribution is -0.117. The van der Waals surface area contributed by atoms with Crippen molar-refractivity contribution in [1.29, 1.82) is 0 Å². The van der Waals surface area contributed by atoms with Crippen molar-refractivity contribution >= 4 is 32.8 Å². The van der Waals surface area contributed by atoms with E-state index < -0.39 is 22.2 Å². The van der Waals surface area contributed by atoms with Gasteiger partial charge < -0.3 is 14.8 Å². The molecule has 0 saturated heterocycles. The van der Waals surface area contributed by atoms with Crippen LogP contribution in [-0.2, 0) is 21.4 Å². The van der Waals surface area contributed by atoms with Gasteiger partial charge in [0.2, 0.25) is 5.91 Å². The topological polar surface area (TPSA) is 120 Å². The summed E-state index contributed by atoms with van der Waals surface area (Å²) in [6.07, 6.45) is 1.94. The summed E-state index contributed by atoms with van der Waals surface area (Å²) in [6.45, 7) is 1.70. The van der Waals surface area contributed by atoms with Gasteiger partial charge in [-0.1, -0.05) is 23.4 Å². The van der Waals surface area contributed by atoms with Gasteiger partial charge in [0.1, 0.15) is 11.8 Å². The lowest BCUT2D eigenvalue weighted by atomic mass is 10.1. The van der Waals surface area contributed by atoms with Gasteiger partial charge in [0.15, 0.2) is 5.82 Å². The molecule has 3 rings (SSSR count). The first kappa shape index (κ1) is 19.1. The van der Waals surface area contributed by atoms with Crippen LogP contribution < -0.4 is 10.0 Å². The number of para-hydroxylation sites is 1. The number of aromatic amines is 1. The Hall–Kier alpha value is -2.69. The van der Waals surface area contributed by atoms with Crippen LogP contribution in [0.1, 0.15) is 11.3 Å². The number of nitrogens with zero attached hydrogens (tertiary/aromatic N) is 2. The van der Waals surface area contributed by atoms with Crippen LogP contribution in [0.5, 0.6) is 0 Å². The number of carbonyl (C=O) groups is 1. The Bertz CT molecular complexity index is 1050. The summed E-state index contributed by atoms with van der Waals surface area (Å²) in [7, 11) is -1.03. The number of rotatable bonds is 7. The molecule has 1 atom stereocenters. The number of anilines is 1. The molecule has 0 fully saturated rings. The number of carbonyl (C=O) groups excluding carboxylic acids is 1. The summed E-state index contributed by atoms with van der Waals surface area (Å²) in [6, 6.07) is 8.13. The molecule has 27 heavy (non-hydrogen) atoms. The Morgan fingerprint density at radius 1 is 1.33 bits per heavy atom. The molecule has 0 aliphatic heterocycles. The summed E-state index contributed by atoms with van der Waals surface area (Å²) < 4.78 is 33.0. The van der Waals surface area contributed by atoms with Gasteiger partial charge >= 0.3 is 0 Å². The highest BCUT2D eigenvalue weighted by atomic mass is 32.2. The number of aryl methyl sites for hydroxylation is 1. The van der Waals surface area contributed by atoms with Gasteiger partial charge in [0.25, 0.3) is 10.2 Å². The molecule has 3 N–H and O–H groups in total. The van der Waals surface area contributed by atoms with E-state index >= 15 is 0 Å². The molecule has 2 aromatic heterocycles. The highest BCUT2D eigenvalue weighted by Crippen LogP contribution is 2.20. The number of fused-ring (bicyclic) bond motifs is 1. The van der Waals surface area contributed by atoms with Crippen molar-refractivity contribution in [2.75, 3.05) is 19.4 Å². The van der Waals surface area contributed by atoms with E-state index in [1.54, 1.807) is 19.2 Å². The molecule has 0 aliphatic carbocycles. The Labute approximate surface area is 156 Å². The van der Waals surface area contributed by atoms with E-state index in [-0.39, 0.29) is 12.2 Å². The lowest BCUT2D eigenvalue weighted by Gasteiger charge is -2.20. The number of benzene rings is 1. The quantitative estimate of drug-likeness (QED) is 0.562. The van der Waals surface area contributed by atoms with E-state index in [9.17, 15) is 13.2 Å². The Kier molecular flexibility index (Phi) is 5.31. The van der Waals surface area contributed by atoms with Crippen molar-refractivity contribution in [3.8, 4) is 0 Å². The molecule has 0 bridgehead atoms. The van der Waals surface area contributed by atoms with Gasteiger partial charge in [0.05, 0.1) is 0 Å². The van der Waals surface area contributed by atoms with Crippen molar-refractivity contribution in [3.63, 3.8) is 0 Å². The molecule has 0 radical (unpaired) electrons. The average molecular weight is 391 g/mol. The summed E-state index contributed by atoms with van der Waals surface area (Å²) in [5, 5.41) is 7.23. The molecule has 0 unspecified atom stereocenters. The van der Waals surface area contributed by atoms with Crippen LogP contribution >= 0.6 is 0 Å². The van der Waals surface area contributed by atoms with E-state index in [1.807, 2.05) is 24.3 Å². The molecule has 2 heterocycles. The first-order chi connectivity index (χ1) is 12.8. The smallest absolute Gasteiger partial charge is 0.279 e. The zero-order chi connectivity index (χ0) is 19.6. The summed E-state index contributed by atoms with van der Waals surface area (Å²) in [5.41, 5.74) is 1.73. The summed E-state index contributed by atoms with van der Waals surface area (Å²) in [4.78, 5) is 15.9. The third kappa shape index (κ3) is 4.35. The van der Waals surface area contributed by atoms with Crippen LogP contribution in [-0.4, -0.2) is 48.9 Å². The van der Waals surface area contributed by atoms with Gasteiger partial charge in [-0.25, -0.2) is 0 Å². The van der Waals surface area contributed by atoms with Crippen LogP contribution in [0, 0.1) is 6.92 Å². The zero-order valence-electron chi connectivity index (χ0n) is 15.2. The maximum atomic E-state index is 12.7. The van der Waals surface area contributed by atoms with E-state index in [1.165, 1.54) is 14.1 Å². The van der Waals surface area contributed by atoms with E-state index in [4.69, 9.17) is 4.52 Å². The van der Waals surface area contributed by atoms with E-state index in [0.29, 0.717) is 5.76 Å². The average Bonchev–Trinajstić information content (AvgIpc) is 3.20. The first-order valence-electron chi connectivity index (χ1n) is 8.25. The Morgan fingerprint density at radius 3 is 2.74 bits per heavy atom. The standard InChI is InChI=1S/C17H21N5O4S/c1-11-8-16(20-26-11)19-17(23)15(21-27(24,25)22(2)3)9-12-10-18-14-7-5-4-6-13(12)14/h4-8,10,15,18,21H,9H2,1-3H3,(H,19,20,23)/t15-/m0/s1. The van der Waals surface area contributed by atoms with Gasteiger partial charge in [0, 0.05) is 37.3 Å². The number of hydrogen-bond donors (Lipinski definition) is 3. The SMILES string of the molecule is Cc1cc(NC(=O)[C@H](Cc2c[nH]c3ccccc23)NS(=O)(=O)N(C)C)no1. The van der Waals surface area contributed by atoms with Gasteiger partial charge in [-0.3, -0.25) is 4.79 Å². The maximum absolute atomic E-state index is 12.7. The third-order valence-corrected chi connectivity index (χ3v) is 5.61. The maximum Gasteiger partial charge on any atom is 0.279 e. The number of amides is 1. The van der Waals surface area contributed by atoms with Gasteiger partial charge in [-0.2, -0.15) is 17.4 Å². The van der Waals surface area contributed by atoms with Gasteiger partial charge in [-0.15, -0.1) is 0 Å². The second-order valence-electron chi connectivity index (χ2n) is 6.33. The number of aromatic nitrogens is 2. The minimum atomic E-state index is -3.82. The molecule has 0 aliphatic rings. The van der Waals surface area contributed by atoms with Crippen molar-refractivity contribution in [3.05, 3.63) is 47.9 Å². The zero-order valence-corrected chi connectivity index (χ0v) is 16.0. The fraction of sp³-hybridized carbons (Fsp3) is 0.294. The van der Waals surface area contributed by atoms with Crippen LogP contribution in [0.2, 0.25) is 0 Å². The summed E-state index contributed by atoms with van der Waals surface area (Å²) >= 11 is 0. The monoisotopic (exact) mass is 391 g/mol. The van der Waals surface area contributed by atoms with Crippen molar-refractivity contribution < 1.29 is 17.7 Å². The highest BCUT2D eigenvalue weighted by molar-refractivity contribution is 7.87. The Balaban J connectivity index is 1.88. The van der Waals surface area contributed by atoms with E-state index in [2.05, 4.69) is 20.2 Å². The number of hydrogen-bond acceptors (Lipinski definition) is 5. The Morgan fingerprint density at radius 2 is 2.07 bits per heavy atom. The van der Waals surface area contributed by atoms with Crippen molar-refractivity contribution in [2.24, 2.45) is 0 Å². The van der Waals surface area contributed by atoms with Crippen LogP contribution in [0.15, 0.2) is 41.1 Å². The molecule has 0 saturated carbocycles. The molecule has 1 amide bonds. The number of H-pyrrole nitrogens is 1. The van der Waals surface area contributed by atoms with Crippen LogP contribution in [0.25, 0.3) is 10.9 Å². The minimum Gasteiger partial charge on any atom is -0.361 e. The minimum absolute atomic E-state index is 0.166. The molecule has 144 valence electrons. The second kappa shape index (κ2) is 7.51. The largest absolute Gasteiger partial charge is 0.361 e. The summed E-state index contributed by atoms with van der Waals surface area (Å²) in [5.74, 6) is 0.233. The predicted octanol–water partition coefficient (Wildman–Crippen LogP) is 1.41. The van der Waals surface area contributed by atoms with E-state index in [0.717, 1.165) is 20.8 Å². The molecule has 10 heteroatoms. The normalized spacial score (nSPS) is 13.2. The van der Waals surface area contributed by atoms with Crippen LogP contribution in [0.4, 0.5) is 5.82 Å². The lowest BCUT2D eigenvalue weighted by Crippen LogP contribution is -2.49. The number of nitrogens with one attached hydrogen (secondary N) is 3. The highest BCUT2D eigenvalue weighted by Gasteiger charge is 2.27. The predicted molar refractivity (Wildman–Crippen MR) is 101 cm³/mol. The molecule has 1 aromatic carbocycles. The van der Waals surface area contributed by atoms with Gasteiger partial charge in [-0.05, 0) is 25.0 Å². The molecular weight excluding hydrogens is 370 g/mol. The molecular formula is C17H21N5O4S. The van der Waals surface area contributed by atoms with Crippen molar-refractivity contribution in [1.82, 2.24) is 19.2 Å². The van der Waals surface area contributed by atoms with Crippen molar-refractivity contribution in [2.45, 2.75) is 19.4 Å².